The van der Waals surface area contributed by atoms with Crippen LogP contribution in [-0.4, -0.2) is 25.7 Å². The summed E-state index contributed by atoms with van der Waals surface area (Å²) in [6.45, 7) is 2.90. The monoisotopic (exact) mass is 416 g/mol. The number of carbonyl (C=O) groups is 1. The third-order valence-electron chi connectivity index (χ3n) is 6.48. The van der Waals surface area contributed by atoms with Crippen molar-refractivity contribution >= 4 is 17.3 Å². The van der Waals surface area contributed by atoms with Gasteiger partial charge in [0.1, 0.15) is 5.82 Å². The second kappa shape index (κ2) is 8.16. The molecule has 0 aromatic heterocycles. The van der Waals surface area contributed by atoms with E-state index in [9.17, 15) is 9.18 Å². The average Bonchev–Trinajstić information content (AvgIpc) is 3.13. The van der Waals surface area contributed by atoms with Crippen LogP contribution in [-0.2, 0) is 16.7 Å². The molecule has 4 nitrogen and oxygen atoms in total. The van der Waals surface area contributed by atoms with E-state index >= 15 is 0 Å². The van der Waals surface area contributed by atoms with Gasteiger partial charge in [0.05, 0.1) is 0 Å². The Labute approximate surface area is 181 Å². The van der Waals surface area contributed by atoms with Gasteiger partial charge >= 0.3 is 0 Å². The molecule has 0 radical (unpaired) electrons. The minimum Gasteiger partial charge on any atom is -0.381 e. The highest BCUT2D eigenvalue weighted by atomic mass is 19.1. The van der Waals surface area contributed by atoms with Crippen molar-refractivity contribution in [3.8, 4) is 0 Å². The lowest BCUT2D eigenvalue weighted by molar-refractivity contribution is 0.0558. The summed E-state index contributed by atoms with van der Waals surface area (Å²) in [6.07, 6.45) is 2.06. The third kappa shape index (κ3) is 3.81. The molecule has 158 valence electrons. The van der Waals surface area contributed by atoms with Crippen molar-refractivity contribution in [3.63, 3.8) is 0 Å². The maximum Gasteiger partial charge on any atom is 0.251 e. The maximum atomic E-state index is 13.0. The van der Waals surface area contributed by atoms with Gasteiger partial charge in [-0.25, -0.2) is 4.39 Å². The van der Waals surface area contributed by atoms with E-state index in [0.717, 1.165) is 43.9 Å². The van der Waals surface area contributed by atoms with Crippen molar-refractivity contribution in [2.24, 2.45) is 0 Å². The number of rotatable bonds is 4. The van der Waals surface area contributed by atoms with Crippen LogP contribution in [0.3, 0.4) is 0 Å². The van der Waals surface area contributed by atoms with Crippen LogP contribution in [0.1, 0.15) is 34.3 Å². The summed E-state index contributed by atoms with van der Waals surface area (Å²) in [5.74, 6) is -0.421. The zero-order chi connectivity index (χ0) is 21.3. The standard InChI is InChI=1S/C26H25FN2O2/c27-21-9-5-19(6-10-21)17-28-25(30)20-7-11-22(12-8-20)29-18-26(13-15-31-16-14-26)23-3-1-2-4-24(23)29/h1-12H,13-18H2,(H,28,30). The number of ether oxygens (including phenoxy) is 1. The lowest BCUT2D eigenvalue weighted by Gasteiger charge is -2.34. The second-order valence-corrected chi connectivity index (χ2v) is 8.35. The summed E-state index contributed by atoms with van der Waals surface area (Å²) in [7, 11) is 0. The third-order valence-corrected chi connectivity index (χ3v) is 6.48. The maximum absolute atomic E-state index is 13.0. The molecule has 3 aromatic rings. The zero-order valence-corrected chi connectivity index (χ0v) is 17.3. The summed E-state index contributed by atoms with van der Waals surface area (Å²) in [6, 6.07) is 22.6. The van der Waals surface area contributed by atoms with E-state index < -0.39 is 0 Å². The number of benzene rings is 3. The van der Waals surface area contributed by atoms with Gasteiger partial charge in [-0.05, 0) is 66.4 Å². The first kappa shape index (κ1) is 19.8. The fraction of sp³-hybridized carbons (Fsp3) is 0.269. The van der Waals surface area contributed by atoms with Gasteiger partial charge < -0.3 is 15.0 Å². The summed E-state index contributed by atoms with van der Waals surface area (Å²) in [4.78, 5) is 14.9. The largest absolute Gasteiger partial charge is 0.381 e. The van der Waals surface area contributed by atoms with Crippen LogP contribution in [0.4, 0.5) is 15.8 Å². The summed E-state index contributed by atoms with van der Waals surface area (Å²) in [5, 5.41) is 2.90. The summed E-state index contributed by atoms with van der Waals surface area (Å²) >= 11 is 0. The average molecular weight is 416 g/mol. The van der Waals surface area contributed by atoms with Crippen molar-refractivity contribution in [1.29, 1.82) is 0 Å². The van der Waals surface area contributed by atoms with Gasteiger partial charge in [0, 0.05) is 48.7 Å². The highest BCUT2D eigenvalue weighted by Crippen LogP contribution is 2.49. The van der Waals surface area contributed by atoms with Gasteiger partial charge in [-0.3, -0.25) is 4.79 Å². The van der Waals surface area contributed by atoms with E-state index in [-0.39, 0.29) is 17.1 Å². The van der Waals surface area contributed by atoms with Crippen LogP contribution < -0.4 is 10.2 Å². The molecular weight excluding hydrogens is 391 g/mol. The normalized spacial score (nSPS) is 16.9. The molecule has 31 heavy (non-hydrogen) atoms. The smallest absolute Gasteiger partial charge is 0.251 e. The van der Waals surface area contributed by atoms with Crippen LogP contribution in [0, 0.1) is 5.82 Å². The lowest BCUT2D eigenvalue weighted by atomic mass is 9.76. The van der Waals surface area contributed by atoms with Gasteiger partial charge in [0.2, 0.25) is 0 Å². The number of nitrogens with one attached hydrogen (secondary N) is 1. The number of para-hydroxylation sites is 1. The Morgan fingerprint density at radius 3 is 2.42 bits per heavy atom. The zero-order valence-electron chi connectivity index (χ0n) is 17.3. The molecule has 1 fully saturated rings. The first-order valence-corrected chi connectivity index (χ1v) is 10.7. The molecule has 1 spiro atoms. The highest BCUT2D eigenvalue weighted by Gasteiger charge is 2.43. The fourth-order valence-electron chi connectivity index (χ4n) is 4.73. The molecule has 2 aliphatic rings. The molecule has 1 N–H and O–H groups in total. The Kier molecular flexibility index (Phi) is 5.20. The van der Waals surface area contributed by atoms with Gasteiger partial charge in [-0.15, -0.1) is 0 Å². The predicted octanol–water partition coefficient (Wildman–Crippen LogP) is 4.96. The minimum atomic E-state index is -0.281. The van der Waals surface area contributed by atoms with Crippen LogP contribution in [0.2, 0.25) is 0 Å². The molecule has 2 heterocycles. The molecule has 0 unspecified atom stereocenters. The van der Waals surface area contributed by atoms with E-state index in [1.807, 2.05) is 24.3 Å². The quantitative estimate of drug-likeness (QED) is 0.654. The molecule has 3 aromatic carbocycles. The molecule has 5 heteroatoms. The second-order valence-electron chi connectivity index (χ2n) is 8.35. The topological polar surface area (TPSA) is 41.6 Å². The molecule has 2 aliphatic heterocycles. The SMILES string of the molecule is O=C(NCc1ccc(F)cc1)c1ccc(N2CC3(CCOCC3)c3ccccc32)cc1. The van der Waals surface area contributed by atoms with Crippen LogP contribution >= 0.6 is 0 Å². The number of fused-ring (bicyclic) bond motifs is 2. The van der Waals surface area contributed by atoms with E-state index in [1.54, 1.807) is 12.1 Å². The first-order valence-electron chi connectivity index (χ1n) is 10.7. The highest BCUT2D eigenvalue weighted by molar-refractivity contribution is 5.94. The molecular formula is C26H25FN2O2. The number of anilines is 2. The Morgan fingerprint density at radius 2 is 1.68 bits per heavy atom. The number of nitrogens with zero attached hydrogens (tertiary/aromatic N) is 1. The number of halogens is 1. The van der Waals surface area contributed by atoms with Gasteiger partial charge in [-0.2, -0.15) is 0 Å². The van der Waals surface area contributed by atoms with Crippen molar-refractivity contribution < 1.29 is 13.9 Å². The van der Waals surface area contributed by atoms with Crippen molar-refractivity contribution in [3.05, 3.63) is 95.3 Å². The molecule has 0 saturated carbocycles. The Balaban J connectivity index is 1.32. The minimum absolute atomic E-state index is 0.139. The molecule has 0 atom stereocenters. The molecule has 1 saturated heterocycles. The number of hydrogen-bond donors (Lipinski definition) is 1. The van der Waals surface area contributed by atoms with E-state index in [4.69, 9.17) is 4.74 Å². The summed E-state index contributed by atoms with van der Waals surface area (Å²) < 4.78 is 18.7. The number of hydrogen-bond acceptors (Lipinski definition) is 3. The van der Waals surface area contributed by atoms with Crippen molar-refractivity contribution in [2.45, 2.75) is 24.8 Å². The lowest BCUT2D eigenvalue weighted by Crippen LogP contribution is -2.37. The fourth-order valence-corrected chi connectivity index (χ4v) is 4.73. The van der Waals surface area contributed by atoms with Gasteiger partial charge in [0.25, 0.3) is 5.91 Å². The Morgan fingerprint density at radius 1 is 0.968 bits per heavy atom. The van der Waals surface area contributed by atoms with Crippen molar-refractivity contribution in [1.82, 2.24) is 5.32 Å². The van der Waals surface area contributed by atoms with E-state index in [2.05, 4.69) is 34.5 Å². The summed E-state index contributed by atoms with van der Waals surface area (Å²) in [5.41, 5.74) is 5.35. The van der Waals surface area contributed by atoms with Crippen LogP contribution in [0.25, 0.3) is 0 Å². The number of amides is 1. The van der Waals surface area contributed by atoms with Gasteiger partial charge in [-0.1, -0.05) is 30.3 Å². The van der Waals surface area contributed by atoms with Crippen LogP contribution in [0.15, 0.2) is 72.8 Å². The molecule has 1 amide bonds. The Hall–Kier alpha value is -3.18. The van der Waals surface area contributed by atoms with Gasteiger partial charge in [0.15, 0.2) is 0 Å². The molecule has 0 aliphatic carbocycles. The first-order chi connectivity index (χ1) is 15.1. The number of carbonyl (C=O) groups excluding carboxylic acids is 1. The molecule has 5 rings (SSSR count). The van der Waals surface area contributed by atoms with Crippen LogP contribution in [0.5, 0.6) is 0 Å². The predicted molar refractivity (Wildman–Crippen MR) is 119 cm³/mol. The van der Waals surface area contributed by atoms with E-state index in [0.29, 0.717) is 12.1 Å². The Bertz CT molecular complexity index is 1070. The van der Waals surface area contributed by atoms with Crippen molar-refractivity contribution in [2.75, 3.05) is 24.7 Å². The van der Waals surface area contributed by atoms with E-state index in [1.165, 1.54) is 23.4 Å². The molecule has 0 bridgehead atoms.